The molecule has 0 unspecified atom stereocenters. The second-order valence-electron chi connectivity index (χ2n) is 5.48. The molecule has 8 nitrogen and oxygen atoms in total. The molecule has 1 saturated carbocycles. The van der Waals surface area contributed by atoms with Crippen molar-refractivity contribution in [3.63, 3.8) is 0 Å². The predicted molar refractivity (Wildman–Crippen MR) is 80.7 cm³/mol. The van der Waals surface area contributed by atoms with Crippen LogP contribution in [-0.2, 0) is 9.53 Å². The molecule has 0 aliphatic heterocycles. The molecule has 1 fully saturated rings. The number of ether oxygens (including phenoxy) is 1. The first-order chi connectivity index (χ1) is 11.2. The Morgan fingerprint density at radius 3 is 2.87 bits per heavy atom. The molecule has 0 saturated heterocycles. The quantitative estimate of drug-likeness (QED) is 0.816. The summed E-state index contributed by atoms with van der Waals surface area (Å²) < 4.78 is 4.68. The first-order valence-electron chi connectivity index (χ1n) is 7.54. The van der Waals surface area contributed by atoms with Crippen LogP contribution in [0.5, 0.6) is 0 Å². The van der Waals surface area contributed by atoms with Gasteiger partial charge in [-0.2, -0.15) is 0 Å². The monoisotopic (exact) mass is 318 g/mol. The lowest BCUT2D eigenvalue weighted by molar-refractivity contribution is -0.127. The number of nitrogens with zero attached hydrogens (tertiary/aromatic N) is 3. The smallest absolute Gasteiger partial charge is 0.337 e. The van der Waals surface area contributed by atoms with E-state index in [0.29, 0.717) is 16.6 Å². The van der Waals surface area contributed by atoms with Gasteiger partial charge in [0.15, 0.2) is 6.61 Å². The van der Waals surface area contributed by atoms with Crippen LogP contribution in [-0.4, -0.2) is 46.8 Å². The lowest BCUT2D eigenvalue weighted by Gasteiger charge is -2.12. The third kappa shape index (κ3) is 3.41. The van der Waals surface area contributed by atoms with Crippen LogP contribution in [0.25, 0.3) is 11.0 Å². The van der Waals surface area contributed by atoms with Crippen molar-refractivity contribution < 1.29 is 19.2 Å². The average molecular weight is 318 g/mol. The maximum absolute atomic E-state index is 11.9. The summed E-state index contributed by atoms with van der Waals surface area (Å²) in [4.78, 5) is 30.0. The molecule has 0 bridgehead atoms. The molecular formula is C15H18N4O4. The molecule has 8 heteroatoms. The number of amides is 1. The summed E-state index contributed by atoms with van der Waals surface area (Å²) in [5.41, 5.74) is 1.43. The summed E-state index contributed by atoms with van der Waals surface area (Å²) in [5, 5.41) is 10.7. The highest BCUT2D eigenvalue weighted by Gasteiger charge is 2.18. The van der Waals surface area contributed by atoms with E-state index in [-0.39, 0.29) is 18.6 Å². The number of methoxy groups -OCH3 is 1. The Bertz CT molecular complexity index is 721. The van der Waals surface area contributed by atoms with Gasteiger partial charge in [0.05, 0.1) is 12.7 Å². The summed E-state index contributed by atoms with van der Waals surface area (Å²) >= 11 is 0. The van der Waals surface area contributed by atoms with Gasteiger partial charge in [-0.1, -0.05) is 17.7 Å². The second-order valence-corrected chi connectivity index (χ2v) is 5.48. The number of esters is 1. The van der Waals surface area contributed by atoms with Crippen molar-refractivity contribution in [2.75, 3.05) is 13.7 Å². The van der Waals surface area contributed by atoms with Crippen molar-refractivity contribution in [2.45, 2.75) is 31.7 Å². The molecular weight excluding hydrogens is 300 g/mol. The highest BCUT2D eigenvalue weighted by atomic mass is 16.7. The minimum atomic E-state index is -0.460. The third-order valence-electron chi connectivity index (χ3n) is 3.87. The highest BCUT2D eigenvalue weighted by Crippen LogP contribution is 2.17. The van der Waals surface area contributed by atoms with Crippen molar-refractivity contribution in [1.29, 1.82) is 0 Å². The largest absolute Gasteiger partial charge is 0.465 e. The van der Waals surface area contributed by atoms with Gasteiger partial charge in [0.1, 0.15) is 11.0 Å². The van der Waals surface area contributed by atoms with E-state index >= 15 is 0 Å². The van der Waals surface area contributed by atoms with E-state index in [9.17, 15) is 9.59 Å². The van der Waals surface area contributed by atoms with Crippen LogP contribution in [0.15, 0.2) is 18.2 Å². The molecule has 1 aliphatic rings. The van der Waals surface area contributed by atoms with E-state index in [1.54, 1.807) is 18.2 Å². The van der Waals surface area contributed by atoms with E-state index in [0.717, 1.165) is 30.5 Å². The van der Waals surface area contributed by atoms with Gasteiger partial charge in [-0.05, 0) is 36.3 Å². The van der Waals surface area contributed by atoms with Crippen LogP contribution in [0.3, 0.4) is 0 Å². The standard InChI is InChI=1S/C15H18N4O4/c1-22-15(21)10-6-7-12-13(8-10)19(18-17-12)23-9-14(20)16-11-4-2-3-5-11/h6-8,11H,2-5,9H2,1H3,(H,16,20). The minimum absolute atomic E-state index is 0.155. The molecule has 1 aliphatic carbocycles. The fourth-order valence-corrected chi connectivity index (χ4v) is 2.70. The zero-order valence-corrected chi connectivity index (χ0v) is 12.8. The molecule has 1 amide bonds. The summed E-state index contributed by atoms with van der Waals surface area (Å²) in [6.45, 7) is -0.155. The molecule has 1 N–H and O–H groups in total. The van der Waals surface area contributed by atoms with E-state index in [2.05, 4.69) is 20.4 Å². The first-order valence-corrected chi connectivity index (χ1v) is 7.54. The topological polar surface area (TPSA) is 95.3 Å². The van der Waals surface area contributed by atoms with Gasteiger partial charge in [-0.3, -0.25) is 4.79 Å². The lowest BCUT2D eigenvalue weighted by Crippen LogP contribution is -2.37. The van der Waals surface area contributed by atoms with Gasteiger partial charge in [0.2, 0.25) is 0 Å². The van der Waals surface area contributed by atoms with Crippen molar-refractivity contribution in [3.05, 3.63) is 23.8 Å². The van der Waals surface area contributed by atoms with Crippen LogP contribution in [0, 0.1) is 0 Å². The molecule has 1 aromatic carbocycles. The molecule has 0 atom stereocenters. The Morgan fingerprint density at radius 1 is 1.35 bits per heavy atom. The maximum atomic E-state index is 11.9. The molecule has 122 valence electrons. The van der Waals surface area contributed by atoms with Gasteiger partial charge >= 0.3 is 5.97 Å². The van der Waals surface area contributed by atoms with Crippen molar-refractivity contribution in [3.8, 4) is 0 Å². The van der Waals surface area contributed by atoms with Crippen LogP contribution in [0.2, 0.25) is 0 Å². The van der Waals surface area contributed by atoms with Gasteiger partial charge < -0.3 is 14.9 Å². The molecule has 3 rings (SSSR count). The van der Waals surface area contributed by atoms with Gasteiger partial charge in [0, 0.05) is 6.04 Å². The second kappa shape index (κ2) is 6.64. The number of nitrogens with one attached hydrogen (secondary N) is 1. The number of hydrogen-bond donors (Lipinski definition) is 1. The number of carbonyl (C=O) groups excluding carboxylic acids is 2. The molecule has 1 heterocycles. The molecule has 23 heavy (non-hydrogen) atoms. The van der Waals surface area contributed by atoms with E-state index in [1.165, 1.54) is 7.11 Å². The lowest BCUT2D eigenvalue weighted by atomic mass is 10.2. The fourth-order valence-electron chi connectivity index (χ4n) is 2.70. The maximum Gasteiger partial charge on any atom is 0.337 e. The molecule has 1 aromatic heterocycles. The Hall–Kier alpha value is -2.64. The number of hydrogen-bond acceptors (Lipinski definition) is 6. The number of aromatic nitrogens is 3. The van der Waals surface area contributed by atoms with Crippen molar-refractivity contribution in [1.82, 2.24) is 20.5 Å². The third-order valence-corrected chi connectivity index (χ3v) is 3.87. The Kier molecular flexibility index (Phi) is 4.40. The van der Waals surface area contributed by atoms with E-state index in [1.807, 2.05) is 0 Å². The zero-order chi connectivity index (χ0) is 16.2. The Morgan fingerprint density at radius 2 is 2.13 bits per heavy atom. The molecule has 0 spiro atoms. The van der Waals surface area contributed by atoms with Crippen LogP contribution in [0.1, 0.15) is 36.0 Å². The first kappa shape index (κ1) is 15.3. The Balaban J connectivity index is 1.67. The summed E-state index contributed by atoms with van der Waals surface area (Å²) in [5.74, 6) is -0.650. The number of rotatable bonds is 5. The Labute approximate surface area is 132 Å². The van der Waals surface area contributed by atoms with Crippen LogP contribution < -0.4 is 10.2 Å². The van der Waals surface area contributed by atoms with Crippen LogP contribution >= 0.6 is 0 Å². The fraction of sp³-hybridized carbons (Fsp3) is 0.467. The van der Waals surface area contributed by atoms with Gasteiger partial charge in [-0.15, -0.1) is 5.10 Å². The van der Waals surface area contributed by atoms with Crippen molar-refractivity contribution >= 4 is 22.9 Å². The summed E-state index contributed by atoms with van der Waals surface area (Å²) in [6, 6.07) is 5.05. The summed E-state index contributed by atoms with van der Waals surface area (Å²) in [6.07, 6.45) is 4.33. The van der Waals surface area contributed by atoms with Gasteiger partial charge in [-0.25, -0.2) is 4.79 Å². The average Bonchev–Trinajstić information content (AvgIpc) is 3.21. The summed E-state index contributed by atoms with van der Waals surface area (Å²) in [7, 11) is 1.31. The number of fused-ring (bicyclic) bond motifs is 1. The number of benzene rings is 1. The van der Waals surface area contributed by atoms with Crippen molar-refractivity contribution in [2.24, 2.45) is 0 Å². The zero-order valence-electron chi connectivity index (χ0n) is 12.8. The predicted octanol–water partition coefficient (Wildman–Crippen LogP) is 0.705. The van der Waals surface area contributed by atoms with Crippen LogP contribution in [0.4, 0.5) is 0 Å². The normalized spacial score (nSPS) is 14.8. The van der Waals surface area contributed by atoms with E-state index in [4.69, 9.17) is 4.84 Å². The highest BCUT2D eigenvalue weighted by molar-refractivity contribution is 5.93. The molecule has 2 aromatic rings. The minimum Gasteiger partial charge on any atom is -0.465 e. The molecule has 0 radical (unpaired) electrons. The SMILES string of the molecule is COC(=O)c1ccc2nnn(OCC(=O)NC3CCCC3)c2c1. The van der Waals surface area contributed by atoms with Gasteiger partial charge in [0.25, 0.3) is 5.91 Å². The number of carbonyl (C=O) groups is 2. The van der Waals surface area contributed by atoms with E-state index < -0.39 is 5.97 Å².